The molecule has 6 nitrogen and oxygen atoms in total. The molecule has 4 aromatic rings. The smallest absolute Gasteiger partial charge is 0.250 e. The van der Waals surface area contributed by atoms with E-state index < -0.39 is 6.04 Å². The second-order valence-corrected chi connectivity index (χ2v) is 7.40. The number of carbonyl (C=O) groups excluding carboxylic acids is 1. The topological polar surface area (TPSA) is 72.7 Å². The van der Waals surface area contributed by atoms with Gasteiger partial charge in [-0.05, 0) is 35.1 Å². The Bertz CT molecular complexity index is 1140. The zero-order chi connectivity index (χ0) is 20.4. The average molecular weight is 385 g/mol. The van der Waals surface area contributed by atoms with Gasteiger partial charge in [-0.3, -0.25) is 4.79 Å². The molecule has 1 heterocycles. The highest BCUT2D eigenvalue weighted by Gasteiger charge is 2.19. The van der Waals surface area contributed by atoms with E-state index in [9.17, 15) is 4.79 Å². The Balaban J connectivity index is 1.52. The highest BCUT2D eigenvalue weighted by molar-refractivity contribution is 6.03. The Morgan fingerprint density at radius 2 is 1.66 bits per heavy atom. The number of rotatable bonds is 5. The highest BCUT2D eigenvalue weighted by atomic mass is 16.2. The summed E-state index contributed by atoms with van der Waals surface area (Å²) in [6.07, 6.45) is 0. The standard InChI is InChI=1S/C23H23N5O/c1-15(2)17-11-13-19(14-12-17)22-25-27-28(26-22)16(3)23(29)24-21-10-6-8-18-7-4-5-9-20(18)21/h4-16H,1-3H3,(H,24,29)/t16-/m0/s1. The van der Waals surface area contributed by atoms with Crippen LogP contribution < -0.4 is 5.32 Å². The SMILES string of the molecule is CC(C)c1ccc(-c2nnn([C@@H](C)C(=O)Nc3cccc4ccccc34)n2)cc1. The third kappa shape index (κ3) is 3.87. The minimum atomic E-state index is -0.592. The van der Waals surface area contributed by atoms with Crippen LogP contribution in [0.4, 0.5) is 5.69 Å². The molecular formula is C23H23N5O. The van der Waals surface area contributed by atoms with Gasteiger partial charge in [0.2, 0.25) is 5.82 Å². The number of hydrogen-bond acceptors (Lipinski definition) is 4. The Kier molecular flexibility index (Phi) is 5.08. The van der Waals surface area contributed by atoms with Crippen LogP contribution in [-0.2, 0) is 4.79 Å². The van der Waals surface area contributed by atoms with Crippen LogP contribution in [0.3, 0.4) is 0 Å². The zero-order valence-corrected chi connectivity index (χ0v) is 16.7. The van der Waals surface area contributed by atoms with Crippen LogP contribution in [0.25, 0.3) is 22.2 Å². The number of nitrogens with zero attached hydrogens (tertiary/aromatic N) is 4. The maximum Gasteiger partial charge on any atom is 0.250 e. The van der Waals surface area contributed by atoms with E-state index in [0.717, 1.165) is 22.0 Å². The van der Waals surface area contributed by atoms with Crippen molar-refractivity contribution in [3.63, 3.8) is 0 Å². The molecule has 1 atom stereocenters. The molecule has 1 aromatic heterocycles. The average Bonchev–Trinajstić information content (AvgIpc) is 3.23. The lowest BCUT2D eigenvalue weighted by atomic mass is 10.0. The van der Waals surface area contributed by atoms with Gasteiger partial charge in [-0.1, -0.05) is 74.5 Å². The van der Waals surface area contributed by atoms with Crippen LogP contribution in [0.2, 0.25) is 0 Å². The van der Waals surface area contributed by atoms with Crippen molar-refractivity contribution in [2.75, 3.05) is 5.32 Å². The van der Waals surface area contributed by atoms with Crippen LogP contribution in [0.15, 0.2) is 66.7 Å². The van der Waals surface area contributed by atoms with Crippen LogP contribution in [0.1, 0.15) is 38.3 Å². The Morgan fingerprint density at radius 1 is 0.931 bits per heavy atom. The molecule has 0 aliphatic heterocycles. The van der Waals surface area contributed by atoms with Crippen molar-refractivity contribution >= 4 is 22.4 Å². The molecule has 146 valence electrons. The molecule has 3 aromatic carbocycles. The van der Waals surface area contributed by atoms with Crippen molar-refractivity contribution < 1.29 is 4.79 Å². The molecule has 0 unspecified atom stereocenters. The van der Waals surface area contributed by atoms with Crippen LogP contribution in [-0.4, -0.2) is 26.1 Å². The molecule has 0 aliphatic carbocycles. The first-order valence-electron chi connectivity index (χ1n) is 9.71. The number of fused-ring (bicyclic) bond motifs is 1. The summed E-state index contributed by atoms with van der Waals surface area (Å²) in [5.41, 5.74) is 2.90. The summed E-state index contributed by atoms with van der Waals surface area (Å²) in [6.45, 7) is 6.06. The minimum Gasteiger partial charge on any atom is -0.324 e. The second-order valence-electron chi connectivity index (χ2n) is 7.40. The summed E-state index contributed by atoms with van der Waals surface area (Å²) in [5, 5.41) is 17.7. The number of nitrogens with one attached hydrogen (secondary N) is 1. The van der Waals surface area contributed by atoms with Gasteiger partial charge in [-0.15, -0.1) is 10.2 Å². The molecule has 0 aliphatic rings. The van der Waals surface area contributed by atoms with Gasteiger partial charge in [0, 0.05) is 16.6 Å². The van der Waals surface area contributed by atoms with Gasteiger partial charge < -0.3 is 5.32 Å². The zero-order valence-electron chi connectivity index (χ0n) is 16.7. The number of amides is 1. The van der Waals surface area contributed by atoms with E-state index in [0.29, 0.717) is 11.7 Å². The van der Waals surface area contributed by atoms with Crippen molar-refractivity contribution in [1.29, 1.82) is 0 Å². The molecule has 1 amide bonds. The van der Waals surface area contributed by atoms with Crippen LogP contribution in [0, 0.1) is 0 Å². The van der Waals surface area contributed by atoms with Crippen LogP contribution in [0.5, 0.6) is 0 Å². The Labute approximate surface area is 169 Å². The first-order chi connectivity index (χ1) is 14.0. The fourth-order valence-electron chi connectivity index (χ4n) is 3.20. The summed E-state index contributed by atoms with van der Waals surface area (Å²) in [6, 6.07) is 21.3. The molecule has 1 N–H and O–H groups in total. The third-order valence-electron chi connectivity index (χ3n) is 5.04. The van der Waals surface area contributed by atoms with Crippen molar-refractivity contribution in [1.82, 2.24) is 20.2 Å². The molecule has 0 radical (unpaired) electrons. The fraction of sp³-hybridized carbons (Fsp3) is 0.217. The molecule has 0 saturated carbocycles. The van der Waals surface area contributed by atoms with E-state index in [1.807, 2.05) is 54.6 Å². The monoisotopic (exact) mass is 385 g/mol. The molecular weight excluding hydrogens is 362 g/mol. The van der Waals surface area contributed by atoms with E-state index in [-0.39, 0.29) is 5.91 Å². The van der Waals surface area contributed by atoms with Gasteiger partial charge in [0.25, 0.3) is 5.91 Å². The molecule has 0 bridgehead atoms. The summed E-state index contributed by atoms with van der Waals surface area (Å²) in [7, 11) is 0. The lowest BCUT2D eigenvalue weighted by Crippen LogP contribution is -2.25. The Hall–Kier alpha value is -3.54. The van der Waals surface area contributed by atoms with Gasteiger partial charge in [-0.2, -0.15) is 4.80 Å². The predicted octanol–water partition coefficient (Wildman–Crippen LogP) is 4.82. The highest BCUT2D eigenvalue weighted by Crippen LogP contribution is 2.24. The minimum absolute atomic E-state index is 0.194. The molecule has 0 fully saturated rings. The fourth-order valence-corrected chi connectivity index (χ4v) is 3.20. The Morgan fingerprint density at radius 3 is 2.41 bits per heavy atom. The van der Waals surface area contributed by atoms with Gasteiger partial charge in [0.05, 0.1) is 0 Å². The molecule has 29 heavy (non-hydrogen) atoms. The van der Waals surface area contributed by atoms with E-state index >= 15 is 0 Å². The molecule has 4 rings (SSSR count). The number of benzene rings is 3. The molecule has 6 heteroatoms. The molecule has 0 saturated heterocycles. The summed E-state index contributed by atoms with van der Waals surface area (Å²) in [5.74, 6) is 0.774. The number of tetrazole rings is 1. The maximum atomic E-state index is 12.8. The number of aromatic nitrogens is 4. The summed E-state index contributed by atoms with van der Waals surface area (Å²) < 4.78 is 0. The number of carbonyl (C=O) groups is 1. The first-order valence-corrected chi connectivity index (χ1v) is 9.71. The normalized spacial score (nSPS) is 12.3. The van der Waals surface area contributed by atoms with E-state index in [2.05, 4.69) is 46.7 Å². The number of hydrogen-bond donors (Lipinski definition) is 1. The third-order valence-corrected chi connectivity index (χ3v) is 5.04. The van der Waals surface area contributed by atoms with Gasteiger partial charge in [0.15, 0.2) is 0 Å². The lowest BCUT2D eigenvalue weighted by Gasteiger charge is -2.12. The summed E-state index contributed by atoms with van der Waals surface area (Å²) >= 11 is 0. The predicted molar refractivity (Wildman–Crippen MR) is 115 cm³/mol. The number of anilines is 1. The second kappa shape index (κ2) is 7.83. The summed E-state index contributed by atoms with van der Waals surface area (Å²) in [4.78, 5) is 14.1. The van der Waals surface area contributed by atoms with Gasteiger partial charge >= 0.3 is 0 Å². The van der Waals surface area contributed by atoms with Crippen LogP contribution >= 0.6 is 0 Å². The van der Waals surface area contributed by atoms with E-state index in [1.165, 1.54) is 10.4 Å². The van der Waals surface area contributed by atoms with Crippen molar-refractivity contribution in [2.24, 2.45) is 0 Å². The largest absolute Gasteiger partial charge is 0.324 e. The lowest BCUT2D eigenvalue weighted by molar-refractivity contribution is -0.119. The molecule has 0 spiro atoms. The van der Waals surface area contributed by atoms with Gasteiger partial charge in [0.1, 0.15) is 6.04 Å². The quantitative estimate of drug-likeness (QED) is 0.535. The van der Waals surface area contributed by atoms with Crippen molar-refractivity contribution in [3.05, 3.63) is 72.3 Å². The van der Waals surface area contributed by atoms with Crippen molar-refractivity contribution in [2.45, 2.75) is 32.7 Å². The van der Waals surface area contributed by atoms with Gasteiger partial charge in [-0.25, -0.2) is 0 Å². The maximum absolute atomic E-state index is 12.8. The first kappa shape index (κ1) is 18.8. The van der Waals surface area contributed by atoms with Crippen molar-refractivity contribution in [3.8, 4) is 11.4 Å². The van der Waals surface area contributed by atoms with E-state index in [4.69, 9.17) is 0 Å². The van der Waals surface area contributed by atoms with E-state index in [1.54, 1.807) is 6.92 Å².